The van der Waals surface area contributed by atoms with Crippen LogP contribution in [-0.4, -0.2) is 47.2 Å². The largest absolute Gasteiger partial charge is 0.480 e. The fraction of sp³-hybridized carbons (Fsp3) is 0.545. The average molecular weight is 287 g/mol. The van der Waals surface area contributed by atoms with E-state index in [9.17, 15) is 24.0 Å². The molecule has 20 heavy (non-hydrogen) atoms. The Balaban J connectivity index is 4.19. The van der Waals surface area contributed by atoms with Gasteiger partial charge in [-0.1, -0.05) is 0 Å². The Kier molecular flexibility index (Phi) is 7.56. The lowest BCUT2D eigenvalue weighted by molar-refractivity contribution is -0.142. The number of amides is 3. The standard InChI is InChI=1S/C11H17N3O6/c1-6(15)4-9(17)13-5-10(18)14-7(11(19)20)2-3-8(12)16/h7H,2-5H2,1H3,(H2,12,16)(H,13,17)(H,14,18)(H,19,20)/t7-/m1/s1. The van der Waals surface area contributed by atoms with Gasteiger partial charge >= 0.3 is 5.97 Å². The molecule has 0 saturated heterocycles. The number of Topliss-reactive ketones (excluding diaryl/α,β-unsaturated/α-hetero) is 1. The molecular formula is C11H17N3O6. The van der Waals surface area contributed by atoms with Gasteiger partial charge in [0.05, 0.1) is 13.0 Å². The Bertz CT molecular complexity index is 420. The van der Waals surface area contributed by atoms with E-state index in [0.29, 0.717) is 0 Å². The van der Waals surface area contributed by atoms with Gasteiger partial charge in [0.2, 0.25) is 17.7 Å². The molecule has 0 aliphatic rings. The minimum atomic E-state index is -1.31. The highest BCUT2D eigenvalue weighted by Crippen LogP contribution is 1.97. The fourth-order valence-electron chi connectivity index (χ4n) is 1.26. The highest BCUT2D eigenvalue weighted by atomic mass is 16.4. The van der Waals surface area contributed by atoms with Gasteiger partial charge in [-0.25, -0.2) is 4.79 Å². The molecule has 5 N–H and O–H groups in total. The summed E-state index contributed by atoms with van der Waals surface area (Å²) in [5.41, 5.74) is 4.88. The molecule has 0 bridgehead atoms. The highest BCUT2D eigenvalue weighted by Gasteiger charge is 2.20. The molecular weight excluding hydrogens is 270 g/mol. The third kappa shape index (κ3) is 8.61. The van der Waals surface area contributed by atoms with Crippen molar-refractivity contribution >= 4 is 29.5 Å². The summed E-state index contributed by atoms with van der Waals surface area (Å²) < 4.78 is 0. The number of nitrogens with one attached hydrogen (secondary N) is 2. The molecule has 0 unspecified atom stereocenters. The van der Waals surface area contributed by atoms with Crippen LogP contribution in [0.1, 0.15) is 26.2 Å². The zero-order valence-electron chi connectivity index (χ0n) is 11.0. The van der Waals surface area contributed by atoms with Crippen molar-refractivity contribution in [1.29, 1.82) is 0 Å². The van der Waals surface area contributed by atoms with Gasteiger partial charge < -0.3 is 21.5 Å². The van der Waals surface area contributed by atoms with Crippen molar-refractivity contribution in [2.24, 2.45) is 5.73 Å². The van der Waals surface area contributed by atoms with Crippen LogP contribution in [0.2, 0.25) is 0 Å². The maximum absolute atomic E-state index is 11.4. The summed E-state index contributed by atoms with van der Waals surface area (Å²) in [7, 11) is 0. The van der Waals surface area contributed by atoms with Crippen LogP contribution in [0, 0.1) is 0 Å². The fourth-order valence-corrected chi connectivity index (χ4v) is 1.26. The third-order valence-corrected chi connectivity index (χ3v) is 2.17. The molecule has 9 nitrogen and oxygen atoms in total. The lowest BCUT2D eigenvalue weighted by atomic mass is 10.1. The smallest absolute Gasteiger partial charge is 0.326 e. The van der Waals surface area contributed by atoms with E-state index in [-0.39, 0.29) is 25.0 Å². The Hall–Kier alpha value is -2.45. The summed E-state index contributed by atoms with van der Waals surface area (Å²) in [6.07, 6.45) is -0.678. The molecule has 3 amide bonds. The Morgan fingerprint density at radius 2 is 1.75 bits per heavy atom. The minimum Gasteiger partial charge on any atom is -0.480 e. The maximum Gasteiger partial charge on any atom is 0.326 e. The summed E-state index contributed by atoms with van der Waals surface area (Å²) >= 11 is 0. The van der Waals surface area contributed by atoms with E-state index in [1.807, 2.05) is 0 Å². The van der Waals surface area contributed by atoms with Crippen molar-refractivity contribution in [3.63, 3.8) is 0 Å². The van der Waals surface area contributed by atoms with Crippen molar-refractivity contribution in [1.82, 2.24) is 10.6 Å². The molecule has 0 heterocycles. The third-order valence-electron chi connectivity index (χ3n) is 2.17. The number of hydrogen-bond donors (Lipinski definition) is 4. The van der Waals surface area contributed by atoms with Crippen molar-refractivity contribution in [3.8, 4) is 0 Å². The first-order chi connectivity index (χ1) is 9.22. The topological polar surface area (TPSA) is 156 Å². The predicted octanol–water partition coefficient (Wildman–Crippen LogP) is -2.08. The quantitative estimate of drug-likeness (QED) is 0.356. The summed E-state index contributed by atoms with van der Waals surface area (Å²) in [5, 5.41) is 13.1. The molecule has 0 aliphatic carbocycles. The Morgan fingerprint density at radius 3 is 2.20 bits per heavy atom. The van der Waals surface area contributed by atoms with Gasteiger partial charge in [0, 0.05) is 6.42 Å². The summed E-state index contributed by atoms with van der Waals surface area (Å²) in [5.74, 6) is -3.71. The second kappa shape index (κ2) is 8.62. The number of aliphatic carboxylic acids is 1. The van der Waals surface area contributed by atoms with E-state index in [1.165, 1.54) is 6.92 Å². The van der Waals surface area contributed by atoms with Crippen LogP contribution in [0.15, 0.2) is 0 Å². The molecule has 0 aliphatic heterocycles. The molecule has 0 aromatic rings. The molecule has 112 valence electrons. The van der Waals surface area contributed by atoms with Crippen LogP contribution in [-0.2, 0) is 24.0 Å². The van der Waals surface area contributed by atoms with Crippen LogP contribution in [0.25, 0.3) is 0 Å². The molecule has 0 aromatic heterocycles. The van der Waals surface area contributed by atoms with Crippen LogP contribution >= 0.6 is 0 Å². The van der Waals surface area contributed by atoms with Crippen LogP contribution in [0.4, 0.5) is 0 Å². The van der Waals surface area contributed by atoms with Crippen molar-refractivity contribution in [2.45, 2.75) is 32.2 Å². The number of carbonyl (C=O) groups excluding carboxylic acids is 4. The maximum atomic E-state index is 11.4. The normalized spacial score (nSPS) is 11.2. The summed E-state index contributed by atoms with van der Waals surface area (Å²) in [4.78, 5) is 54.5. The van der Waals surface area contributed by atoms with E-state index in [1.54, 1.807) is 0 Å². The van der Waals surface area contributed by atoms with Gasteiger partial charge in [0.15, 0.2) is 0 Å². The van der Waals surface area contributed by atoms with E-state index < -0.39 is 36.3 Å². The monoisotopic (exact) mass is 287 g/mol. The number of carbonyl (C=O) groups is 5. The van der Waals surface area contributed by atoms with Crippen LogP contribution < -0.4 is 16.4 Å². The first-order valence-corrected chi connectivity index (χ1v) is 5.79. The van der Waals surface area contributed by atoms with Gasteiger partial charge in [-0.3, -0.25) is 19.2 Å². The van der Waals surface area contributed by atoms with E-state index in [4.69, 9.17) is 10.8 Å². The van der Waals surface area contributed by atoms with E-state index >= 15 is 0 Å². The van der Waals surface area contributed by atoms with Crippen molar-refractivity contribution < 1.29 is 29.1 Å². The van der Waals surface area contributed by atoms with Gasteiger partial charge in [-0.15, -0.1) is 0 Å². The summed E-state index contributed by atoms with van der Waals surface area (Å²) in [6.45, 7) is 0.774. The SMILES string of the molecule is CC(=O)CC(=O)NCC(=O)N[C@H](CCC(N)=O)C(=O)O. The first kappa shape index (κ1) is 17.6. The number of carboxylic acids is 1. The van der Waals surface area contributed by atoms with Gasteiger partial charge in [-0.05, 0) is 13.3 Å². The number of hydrogen-bond acceptors (Lipinski definition) is 5. The molecule has 1 atom stereocenters. The molecule has 0 saturated carbocycles. The number of nitrogens with two attached hydrogens (primary N) is 1. The lowest BCUT2D eigenvalue weighted by Crippen LogP contribution is -2.46. The van der Waals surface area contributed by atoms with E-state index in [0.717, 1.165) is 0 Å². The minimum absolute atomic E-state index is 0.141. The lowest BCUT2D eigenvalue weighted by Gasteiger charge is -2.13. The van der Waals surface area contributed by atoms with Gasteiger partial charge in [-0.2, -0.15) is 0 Å². The second-order valence-corrected chi connectivity index (χ2v) is 4.12. The number of carboxylic acid groups (broad SMARTS) is 1. The Labute approximate surface area is 114 Å². The summed E-state index contributed by atoms with van der Waals surface area (Å²) in [6, 6.07) is -1.26. The molecule has 0 rings (SSSR count). The zero-order chi connectivity index (χ0) is 15.7. The van der Waals surface area contributed by atoms with Crippen LogP contribution in [0.3, 0.4) is 0 Å². The number of ketones is 1. The predicted molar refractivity (Wildman–Crippen MR) is 66.3 cm³/mol. The molecule has 9 heteroatoms. The second-order valence-electron chi connectivity index (χ2n) is 4.12. The van der Waals surface area contributed by atoms with Crippen molar-refractivity contribution in [2.75, 3.05) is 6.54 Å². The van der Waals surface area contributed by atoms with E-state index in [2.05, 4.69) is 10.6 Å². The molecule has 0 spiro atoms. The number of rotatable bonds is 9. The van der Waals surface area contributed by atoms with Crippen LogP contribution in [0.5, 0.6) is 0 Å². The van der Waals surface area contributed by atoms with Crippen molar-refractivity contribution in [3.05, 3.63) is 0 Å². The zero-order valence-corrected chi connectivity index (χ0v) is 11.0. The van der Waals surface area contributed by atoms with Gasteiger partial charge in [0.1, 0.15) is 11.8 Å². The first-order valence-electron chi connectivity index (χ1n) is 5.79. The molecule has 0 fully saturated rings. The average Bonchev–Trinajstić information content (AvgIpc) is 2.30. The van der Waals surface area contributed by atoms with Gasteiger partial charge in [0.25, 0.3) is 0 Å². The number of primary amides is 1. The highest BCUT2D eigenvalue weighted by molar-refractivity contribution is 5.98. The molecule has 0 radical (unpaired) electrons. The Morgan fingerprint density at radius 1 is 1.15 bits per heavy atom. The molecule has 0 aromatic carbocycles.